The van der Waals surface area contributed by atoms with Gasteiger partial charge in [0.2, 0.25) is 5.91 Å². The summed E-state index contributed by atoms with van der Waals surface area (Å²) < 4.78 is 5.39. The van der Waals surface area contributed by atoms with Crippen molar-refractivity contribution >= 4 is 11.7 Å². The summed E-state index contributed by atoms with van der Waals surface area (Å²) in [5, 5.41) is 0. The maximum absolute atomic E-state index is 13.9. The minimum atomic E-state index is -0.184. The lowest BCUT2D eigenvalue weighted by Gasteiger charge is -2.60. The summed E-state index contributed by atoms with van der Waals surface area (Å²) in [6.45, 7) is 9.90. The maximum Gasteiger partial charge on any atom is 0.222 e. The summed E-state index contributed by atoms with van der Waals surface area (Å²) >= 11 is 0. The molecule has 5 heteroatoms. The topological polar surface area (TPSA) is 72.6 Å². The normalized spacial score (nSPS) is 46.3. The van der Waals surface area contributed by atoms with Gasteiger partial charge in [0.25, 0.3) is 0 Å². The maximum atomic E-state index is 13.9. The van der Waals surface area contributed by atoms with Crippen molar-refractivity contribution < 1.29 is 14.3 Å². The van der Waals surface area contributed by atoms with Gasteiger partial charge in [0, 0.05) is 37.4 Å². The molecule has 4 aliphatic carbocycles. The van der Waals surface area contributed by atoms with Crippen molar-refractivity contribution in [3.05, 3.63) is 0 Å². The van der Waals surface area contributed by atoms with Crippen LogP contribution in [0.2, 0.25) is 0 Å². The number of hydrogen-bond donors (Lipinski definition) is 1. The Bertz CT molecular complexity index is 764. The predicted octanol–water partition coefficient (Wildman–Crippen LogP) is 4.43. The van der Waals surface area contributed by atoms with Crippen LogP contribution in [0.15, 0.2) is 0 Å². The first-order valence-electron chi connectivity index (χ1n) is 13.9. The van der Waals surface area contributed by atoms with Crippen LogP contribution in [-0.2, 0) is 14.3 Å². The van der Waals surface area contributed by atoms with E-state index in [0.717, 1.165) is 45.2 Å². The fourth-order valence-corrected chi connectivity index (χ4v) is 9.46. The molecule has 186 valence electrons. The molecular weight excluding hydrogens is 412 g/mol. The number of fused-ring (bicyclic) bond motifs is 5. The van der Waals surface area contributed by atoms with Crippen LogP contribution in [-0.4, -0.2) is 48.9 Å². The quantitative estimate of drug-likeness (QED) is 0.677. The van der Waals surface area contributed by atoms with Crippen molar-refractivity contribution in [2.24, 2.45) is 52.1 Å². The van der Waals surface area contributed by atoms with E-state index in [1.54, 1.807) is 0 Å². The van der Waals surface area contributed by atoms with Crippen molar-refractivity contribution in [3.63, 3.8) is 0 Å². The van der Waals surface area contributed by atoms with Crippen LogP contribution in [0, 0.1) is 46.3 Å². The number of rotatable bonds is 4. The zero-order chi connectivity index (χ0) is 23.4. The van der Waals surface area contributed by atoms with Crippen LogP contribution < -0.4 is 5.73 Å². The van der Waals surface area contributed by atoms with Gasteiger partial charge in [0.15, 0.2) is 0 Å². The summed E-state index contributed by atoms with van der Waals surface area (Å²) in [6.07, 6.45) is 10.8. The number of nitrogens with two attached hydrogens (primary N) is 1. The average Bonchev–Trinajstić information content (AvgIpc) is 3.18. The van der Waals surface area contributed by atoms with E-state index >= 15 is 0 Å². The van der Waals surface area contributed by atoms with Gasteiger partial charge in [-0.05, 0) is 92.3 Å². The molecule has 5 rings (SSSR count). The molecule has 1 aliphatic heterocycles. The molecule has 4 saturated carbocycles. The number of Topliss-reactive ketones (excluding diaryl/α,β-unsaturated/α-hetero) is 1. The van der Waals surface area contributed by atoms with Gasteiger partial charge in [-0.2, -0.15) is 0 Å². The number of carbonyl (C=O) groups excluding carboxylic acids is 2. The van der Waals surface area contributed by atoms with Gasteiger partial charge in [-0.1, -0.05) is 20.8 Å². The monoisotopic (exact) mass is 458 g/mol. The van der Waals surface area contributed by atoms with Crippen LogP contribution in [0.4, 0.5) is 0 Å². The van der Waals surface area contributed by atoms with Crippen LogP contribution in [0.3, 0.4) is 0 Å². The number of morpholine rings is 1. The van der Waals surface area contributed by atoms with Crippen molar-refractivity contribution in [2.75, 3.05) is 26.3 Å². The van der Waals surface area contributed by atoms with Crippen molar-refractivity contribution in [1.29, 1.82) is 0 Å². The molecule has 33 heavy (non-hydrogen) atoms. The summed E-state index contributed by atoms with van der Waals surface area (Å²) in [5.74, 6) is 4.17. The Morgan fingerprint density at radius 2 is 1.88 bits per heavy atom. The summed E-state index contributed by atoms with van der Waals surface area (Å²) in [5.41, 5.74) is 6.48. The van der Waals surface area contributed by atoms with Gasteiger partial charge in [-0.15, -0.1) is 0 Å². The van der Waals surface area contributed by atoms with Crippen molar-refractivity contribution in [3.8, 4) is 0 Å². The third-order valence-electron chi connectivity index (χ3n) is 11.5. The number of nitrogens with zero attached hydrogens (tertiary/aromatic N) is 1. The zero-order valence-electron chi connectivity index (χ0n) is 21.2. The Morgan fingerprint density at radius 3 is 2.64 bits per heavy atom. The van der Waals surface area contributed by atoms with E-state index < -0.39 is 0 Å². The Balaban J connectivity index is 1.28. The lowest BCUT2D eigenvalue weighted by molar-refractivity contribution is -0.158. The van der Waals surface area contributed by atoms with Gasteiger partial charge < -0.3 is 15.4 Å². The molecule has 0 unspecified atom stereocenters. The third kappa shape index (κ3) is 3.90. The van der Waals surface area contributed by atoms with E-state index in [1.165, 1.54) is 25.7 Å². The summed E-state index contributed by atoms with van der Waals surface area (Å²) in [7, 11) is 0. The Hall–Kier alpha value is -0.940. The molecule has 0 aromatic rings. The second-order valence-electron chi connectivity index (χ2n) is 12.8. The number of amides is 1. The van der Waals surface area contributed by atoms with E-state index in [9.17, 15) is 9.59 Å². The molecule has 0 aromatic carbocycles. The average molecular weight is 459 g/mol. The highest BCUT2D eigenvalue weighted by atomic mass is 16.5. The smallest absolute Gasteiger partial charge is 0.222 e. The van der Waals surface area contributed by atoms with Gasteiger partial charge >= 0.3 is 0 Å². The first-order chi connectivity index (χ1) is 15.7. The molecule has 0 bridgehead atoms. The molecule has 1 heterocycles. The zero-order valence-corrected chi connectivity index (χ0v) is 21.2. The highest BCUT2D eigenvalue weighted by Gasteiger charge is 2.63. The number of ketones is 1. The van der Waals surface area contributed by atoms with Crippen LogP contribution in [0.5, 0.6) is 0 Å². The highest BCUT2D eigenvalue weighted by Crippen LogP contribution is 2.67. The fraction of sp³-hybridized carbons (Fsp3) is 0.929. The number of ether oxygens (including phenoxy) is 1. The van der Waals surface area contributed by atoms with Gasteiger partial charge in [-0.25, -0.2) is 0 Å². The second-order valence-corrected chi connectivity index (χ2v) is 12.8. The number of carbonyl (C=O) groups is 2. The molecular formula is C28H46N2O3. The van der Waals surface area contributed by atoms with E-state index in [2.05, 4.69) is 20.8 Å². The molecule has 1 amide bonds. The summed E-state index contributed by atoms with van der Waals surface area (Å²) in [6, 6.07) is 0.362. The molecule has 0 radical (unpaired) electrons. The standard InChI is InChI=1S/C28H46N2O3/c1-18(4-9-26(32)30-12-14-33-15-13-30)22-7-8-23-21-6-5-19-16-20(29)10-11-27(19,2)24(21)17-25(31)28(22,23)3/h18-24H,4-17,29H2,1-3H3/t18-,19-,20+,21+,22-,23+,24+,27+,28-/m1/s1. The molecule has 0 spiro atoms. The van der Waals surface area contributed by atoms with E-state index in [4.69, 9.17) is 10.5 Å². The first-order valence-corrected chi connectivity index (χ1v) is 13.9. The molecule has 1 saturated heterocycles. The highest BCUT2D eigenvalue weighted by molar-refractivity contribution is 5.87. The minimum Gasteiger partial charge on any atom is -0.378 e. The Kier molecular flexibility index (Phi) is 6.44. The van der Waals surface area contributed by atoms with Crippen LogP contribution in [0.1, 0.15) is 85.0 Å². The molecule has 9 atom stereocenters. The second kappa shape index (κ2) is 8.93. The van der Waals surface area contributed by atoms with Crippen LogP contribution >= 0.6 is 0 Å². The number of hydrogen-bond acceptors (Lipinski definition) is 4. The molecule has 0 aromatic heterocycles. The lowest BCUT2D eigenvalue weighted by Crippen LogP contribution is -2.57. The minimum absolute atomic E-state index is 0.184. The Labute approximate surface area is 200 Å². The van der Waals surface area contributed by atoms with E-state index in [-0.39, 0.29) is 11.3 Å². The Morgan fingerprint density at radius 1 is 1.12 bits per heavy atom. The van der Waals surface area contributed by atoms with Crippen molar-refractivity contribution in [2.45, 2.75) is 91.0 Å². The first kappa shape index (κ1) is 23.8. The molecule has 5 aliphatic rings. The lowest BCUT2D eigenvalue weighted by atomic mass is 9.44. The van der Waals surface area contributed by atoms with Crippen LogP contribution in [0.25, 0.3) is 0 Å². The van der Waals surface area contributed by atoms with E-state index in [0.29, 0.717) is 72.4 Å². The fourth-order valence-electron chi connectivity index (χ4n) is 9.46. The molecule has 5 nitrogen and oxygen atoms in total. The van der Waals surface area contributed by atoms with Crippen molar-refractivity contribution in [1.82, 2.24) is 4.90 Å². The van der Waals surface area contributed by atoms with Gasteiger partial charge in [-0.3, -0.25) is 9.59 Å². The van der Waals surface area contributed by atoms with E-state index in [1.807, 2.05) is 4.90 Å². The van der Waals surface area contributed by atoms with Gasteiger partial charge in [0.05, 0.1) is 13.2 Å². The molecule has 2 N–H and O–H groups in total. The SMILES string of the molecule is C[C@H](CCC(=O)N1CCOCC1)[C@H]1CC[C@H]2[C@@H]3CC[C@@H]4C[C@@H](N)CC[C@]4(C)[C@H]3CC(=O)[C@]12C. The largest absolute Gasteiger partial charge is 0.378 e. The third-order valence-corrected chi connectivity index (χ3v) is 11.5. The predicted molar refractivity (Wildman–Crippen MR) is 129 cm³/mol. The molecule has 5 fully saturated rings. The van der Waals surface area contributed by atoms with Gasteiger partial charge in [0.1, 0.15) is 5.78 Å². The summed E-state index contributed by atoms with van der Waals surface area (Å²) in [4.78, 5) is 28.6.